The summed E-state index contributed by atoms with van der Waals surface area (Å²) in [5.74, 6) is -0.289. The minimum atomic E-state index is -0.711. The summed E-state index contributed by atoms with van der Waals surface area (Å²) >= 11 is 0. The molecule has 0 unspecified atom stereocenters. The predicted octanol–water partition coefficient (Wildman–Crippen LogP) is 5.78. The fourth-order valence-corrected chi connectivity index (χ4v) is 2.99. The summed E-state index contributed by atoms with van der Waals surface area (Å²) in [5.41, 5.74) is 0. The largest absolute Gasteiger partial charge is 0.480 e. The Morgan fingerprint density at radius 2 is 1.26 bits per heavy atom. The lowest BCUT2D eigenvalue weighted by Crippen LogP contribution is -2.38. The Hall–Kier alpha value is -0.570. The van der Waals surface area contributed by atoms with Crippen LogP contribution in [-0.2, 0) is 4.79 Å². The van der Waals surface area contributed by atoms with Crippen LogP contribution in [0.25, 0.3) is 0 Å². The number of carboxylic acid groups (broad SMARTS) is 1. The zero-order valence-electron chi connectivity index (χ0n) is 15.9. The molecule has 0 fully saturated rings. The van der Waals surface area contributed by atoms with Crippen LogP contribution in [-0.4, -0.2) is 23.7 Å². The van der Waals surface area contributed by atoms with E-state index in [1.807, 2.05) is 0 Å². The molecule has 0 aromatic carbocycles. The van der Waals surface area contributed by atoms with E-state index in [4.69, 9.17) is 5.11 Å². The summed E-state index contributed by atoms with van der Waals surface area (Å²) in [6.45, 7) is 7.24. The number of aliphatic carboxylic acids is 1. The highest BCUT2D eigenvalue weighted by Crippen LogP contribution is 2.12. The zero-order valence-corrected chi connectivity index (χ0v) is 15.9. The van der Waals surface area contributed by atoms with Gasteiger partial charge in [-0.15, -0.1) is 0 Å². The van der Waals surface area contributed by atoms with E-state index < -0.39 is 5.97 Å². The van der Waals surface area contributed by atoms with Crippen LogP contribution >= 0.6 is 0 Å². The summed E-state index contributed by atoms with van der Waals surface area (Å²) in [6, 6.07) is -0.372. The van der Waals surface area contributed by atoms with Gasteiger partial charge in [0.25, 0.3) is 0 Å². The van der Waals surface area contributed by atoms with Gasteiger partial charge in [-0.05, 0) is 25.3 Å². The predicted molar refractivity (Wildman–Crippen MR) is 100.0 cm³/mol. The number of carbonyl (C=O) groups is 1. The first kappa shape index (κ1) is 22.4. The Morgan fingerprint density at radius 1 is 0.826 bits per heavy atom. The van der Waals surface area contributed by atoms with Crippen LogP contribution in [0.15, 0.2) is 0 Å². The van der Waals surface area contributed by atoms with Crippen molar-refractivity contribution in [3.8, 4) is 0 Å². The number of hydrogen-bond acceptors (Lipinski definition) is 2. The first-order valence-corrected chi connectivity index (χ1v) is 10.0. The van der Waals surface area contributed by atoms with Crippen molar-refractivity contribution in [3.05, 3.63) is 0 Å². The monoisotopic (exact) mass is 327 g/mol. The zero-order chi connectivity index (χ0) is 17.3. The Kier molecular flexibility index (Phi) is 15.9. The van der Waals surface area contributed by atoms with Gasteiger partial charge in [0, 0.05) is 0 Å². The van der Waals surface area contributed by atoms with Gasteiger partial charge in [-0.3, -0.25) is 4.79 Å². The first-order valence-electron chi connectivity index (χ1n) is 10.0. The van der Waals surface area contributed by atoms with Crippen molar-refractivity contribution in [2.24, 2.45) is 5.92 Å². The number of carboxylic acids is 1. The van der Waals surface area contributed by atoms with Crippen LogP contribution in [0.3, 0.4) is 0 Å². The second-order valence-electron chi connectivity index (χ2n) is 7.36. The number of unbranched alkanes of at least 4 members (excludes halogenated alkanes) is 11. The third-order valence-electron chi connectivity index (χ3n) is 4.43. The molecule has 0 bridgehead atoms. The molecule has 2 N–H and O–H groups in total. The molecule has 3 nitrogen and oxygen atoms in total. The molecule has 3 heteroatoms. The minimum absolute atomic E-state index is 0.372. The Labute approximate surface area is 144 Å². The van der Waals surface area contributed by atoms with E-state index in [0.29, 0.717) is 12.3 Å². The van der Waals surface area contributed by atoms with Gasteiger partial charge >= 0.3 is 5.97 Å². The standard InChI is InChI=1S/C20H41NO2/c1-4-5-6-7-8-9-10-11-12-13-14-15-16-21-19(20(22)23)17-18(2)3/h18-19,21H,4-17H2,1-3H3,(H,22,23)/t19-/m0/s1. The van der Waals surface area contributed by atoms with E-state index in [1.165, 1.54) is 70.6 Å². The highest BCUT2D eigenvalue weighted by molar-refractivity contribution is 5.73. The summed E-state index contributed by atoms with van der Waals surface area (Å²) in [6.07, 6.45) is 16.8. The maximum Gasteiger partial charge on any atom is 0.320 e. The highest BCUT2D eigenvalue weighted by Gasteiger charge is 2.17. The van der Waals surface area contributed by atoms with Gasteiger partial charge in [0.1, 0.15) is 6.04 Å². The molecule has 0 saturated heterocycles. The van der Waals surface area contributed by atoms with Crippen molar-refractivity contribution in [1.82, 2.24) is 5.32 Å². The SMILES string of the molecule is CCCCCCCCCCCCCCN[C@@H](CC(C)C)C(=O)O. The van der Waals surface area contributed by atoms with Crippen LogP contribution in [0, 0.1) is 5.92 Å². The Bertz CT molecular complexity index is 266. The van der Waals surface area contributed by atoms with Crippen molar-refractivity contribution in [2.75, 3.05) is 6.54 Å². The topological polar surface area (TPSA) is 49.3 Å². The second kappa shape index (κ2) is 16.3. The molecule has 138 valence electrons. The average Bonchev–Trinajstić information content (AvgIpc) is 2.50. The van der Waals surface area contributed by atoms with Crippen LogP contribution < -0.4 is 5.32 Å². The van der Waals surface area contributed by atoms with E-state index in [1.54, 1.807) is 0 Å². The average molecular weight is 328 g/mol. The minimum Gasteiger partial charge on any atom is -0.480 e. The van der Waals surface area contributed by atoms with Crippen molar-refractivity contribution in [2.45, 2.75) is 110 Å². The van der Waals surface area contributed by atoms with Crippen molar-refractivity contribution in [3.63, 3.8) is 0 Å². The molecule has 0 aromatic rings. The molecule has 0 spiro atoms. The Balaban J connectivity index is 3.30. The van der Waals surface area contributed by atoms with E-state index in [-0.39, 0.29) is 6.04 Å². The number of rotatable bonds is 17. The second-order valence-corrected chi connectivity index (χ2v) is 7.36. The summed E-state index contributed by atoms with van der Waals surface area (Å²) < 4.78 is 0. The van der Waals surface area contributed by atoms with Gasteiger partial charge in [-0.25, -0.2) is 0 Å². The third kappa shape index (κ3) is 16.1. The van der Waals surface area contributed by atoms with E-state index in [9.17, 15) is 4.79 Å². The summed E-state index contributed by atoms with van der Waals surface area (Å²) in [5, 5.41) is 12.3. The number of hydrogen-bond donors (Lipinski definition) is 2. The lowest BCUT2D eigenvalue weighted by molar-refractivity contribution is -0.139. The molecule has 0 amide bonds. The normalized spacial score (nSPS) is 12.7. The van der Waals surface area contributed by atoms with Gasteiger partial charge < -0.3 is 10.4 Å². The number of nitrogens with one attached hydrogen (secondary N) is 1. The molecule has 0 saturated carbocycles. The molecule has 0 aliphatic rings. The molecule has 0 rings (SSSR count). The molecule has 0 radical (unpaired) electrons. The van der Waals surface area contributed by atoms with Gasteiger partial charge in [-0.1, -0.05) is 91.4 Å². The quantitative estimate of drug-likeness (QED) is 0.333. The maximum atomic E-state index is 11.1. The van der Waals surface area contributed by atoms with Gasteiger partial charge in [-0.2, -0.15) is 0 Å². The van der Waals surface area contributed by atoms with Crippen molar-refractivity contribution >= 4 is 5.97 Å². The lowest BCUT2D eigenvalue weighted by atomic mass is 10.0. The van der Waals surface area contributed by atoms with Crippen molar-refractivity contribution in [1.29, 1.82) is 0 Å². The third-order valence-corrected chi connectivity index (χ3v) is 4.43. The first-order chi connectivity index (χ1) is 11.1. The molecule has 0 heterocycles. The molecule has 23 heavy (non-hydrogen) atoms. The van der Waals surface area contributed by atoms with E-state index >= 15 is 0 Å². The highest BCUT2D eigenvalue weighted by atomic mass is 16.4. The fraction of sp³-hybridized carbons (Fsp3) is 0.950. The van der Waals surface area contributed by atoms with Crippen LogP contribution in [0.4, 0.5) is 0 Å². The van der Waals surface area contributed by atoms with E-state index in [2.05, 4.69) is 26.1 Å². The lowest BCUT2D eigenvalue weighted by Gasteiger charge is -2.16. The molecule has 0 aliphatic carbocycles. The molecular weight excluding hydrogens is 286 g/mol. The smallest absolute Gasteiger partial charge is 0.320 e. The molecular formula is C20H41NO2. The van der Waals surface area contributed by atoms with Crippen LogP contribution in [0.2, 0.25) is 0 Å². The summed E-state index contributed by atoms with van der Waals surface area (Å²) in [4.78, 5) is 11.1. The molecule has 0 aromatic heterocycles. The maximum absolute atomic E-state index is 11.1. The van der Waals surface area contributed by atoms with Crippen LogP contribution in [0.5, 0.6) is 0 Å². The van der Waals surface area contributed by atoms with Gasteiger partial charge in [0.2, 0.25) is 0 Å². The molecule has 0 aliphatic heterocycles. The van der Waals surface area contributed by atoms with Gasteiger partial charge in [0.15, 0.2) is 0 Å². The van der Waals surface area contributed by atoms with Crippen molar-refractivity contribution < 1.29 is 9.90 Å². The summed E-state index contributed by atoms with van der Waals surface area (Å²) in [7, 11) is 0. The molecule has 1 atom stereocenters. The van der Waals surface area contributed by atoms with Crippen LogP contribution in [0.1, 0.15) is 104 Å². The Morgan fingerprint density at radius 3 is 1.65 bits per heavy atom. The van der Waals surface area contributed by atoms with Gasteiger partial charge in [0.05, 0.1) is 0 Å². The fourth-order valence-electron chi connectivity index (χ4n) is 2.99. The van der Waals surface area contributed by atoms with E-state index in [0.717, 1.165) is 13.0 Å².